The number of fused-ring (bicyclic) bond motifs is 1. The molecule has 6 heteroatoms. The van der Waals surface area contributed by atoms with Crippen molar-refractivity contribution in [3.8, 4) is 5.75 Å². The van der Waals surface area contributed by atoms with E-state index in [0.717, 1.165) is 0 Å². The van der Waals surface area contributed by atoms with Gasteiger partial charge in [-0.05, 0) is 36.4 Å². The quantitative estimate of drug-likeness (QED) is 0.733. The largest absolute Gasteiger partial charge is 0.484 e. The average Bonchev–Trinajstić information content (AvgIpc) is 2.77. The molecule has 0 fully saturated rings. The summed E-state index contributed by atoms with van der Waals surface area (Å²) in [5, 5.41) is 1.02. The lowest BCUT2D eigenvalue weighted by Crippen LogP contribution is -1.95. The molecule has 0 unspecified atom stereocenters. The van der Waals surface area contributed by atoms with Gasteiger partial charge < -0.3 is 14.9 Å². The van der Waals surface area contributed by atoms with Crippen molar-refractivity contribution in [3.05, 3.63) is 52.3 Å². The fourth-order valence-corrected chi connectivity index (χ4v) is 2.32. The fourth-order valence-electron chi connectivity index (χ4n) is 1.81. The molecule has 0 saturated heterocycles. The summed E-state index contributed by atoms with van der Waals surface area (Å²) in [6, 6.07) is 10.3. The summed E-state index contributed by atoms with van der Waals surface area (Å²) in [4.78, 5) is 4.30. The molecule has 0 aliphatic rings. The van der Waals surface area contributed by atoms with Crippen molar-refractivity contribution >= 4 is 40.0 Å². The Labute approximate surface area is 125 Å². The summed E-state index contributed by atoms with van der Waals surface area (Å²) < 4.78 is 11.1. The van der Waals surface area contributed by atoms with Crippen molar-refractivity contribution in [2.24, 2.45) is 0 Å². The number of nitrogen functional groups attached to an aromatic ring is 1. The summed E-state index contributed by atoms with van der Waals surface area (Å²) >= 11 is 11.8. The number of nitrogens with zero attached hydrogens (tertiary/aromatic N) is 1. The highest BCUT2D eigenvalue weighted by atomic mass is 35.5. The van der Waals surface area contributed by atoms with Crippen LogP contribution in [0.5, 0.6) is 5.75 Å². The summed E-state index contributed by atoms with van der Waals surface area (Å²) in [5.41, 5.74) is 7.70. The molecule has 3 aromatic rings. The Morgan fingerprint density at radius 2 is 1.85 bits per heavy atom. The monoisotopic (exact) mass is 308 g/mol. The van der Waals surface area contributed by atoms with E-state index in [1.54, 1.807) is 36.4 Å². The van der Waals surface area contributed by atoms with E-state index in [-0.39, 0.29) is 6.61 Å². The van der Waals surface area contributed by atoms with E-state index in [0.29, 0.717) is 38.5 Å². The van der Waals surface area contributed by atoms with Crippen molar-refractivity contribution in [2.75, 3.05) is 5.73 Å². The Morgan fingerprint density at radius 3 is 2.60 bits per heavy atom. The Bertz CT molecular complexity index is 751. The molecule has 1 heterocycles. The van der Waals surface area contributed by atoms with Crippen molar-refractivity contribution in [1.82, 2.24) is 4.98 Å². The summed E-state index contributed by atoms with van der Waals surface area (Å²) in [5.74, 6) is 1.02. The van der Waals surface area contributed by atoms with Crippen molar-refractivity contribution in [2.45, 2.75) is 6.61 Å². The molecule has 20 heavy (non-hydrogen) atoms. The molecule has 0 aliphatic heterocycles. The second-order valence-electron chi connectivity index (χ2n) is 4.23. The molecule has 0 saturated carbocycles. The third-order valence-electron chi connectivity index (χ3n) is 2.65. The van der Waals surface area contributed by atoms with E-state index in [1.165, 1.54) is 0 Å². The predicted octanol–water partition coefficient (Wildman–Crippen LogP) is 4.30. The van der Waals surface area contributed by atoms with Gasteiger partial charge in [0.25, 0.3) is 0 Å². The van der Waals surface area contributed by atoms with E-state index >= 15 is 0 Å². The molecule has 1 aromatic heterocycles. The van der Waals surface area contributed by atoms with Gasteiger partial charge in [-0.1, -0.05) is 23.2 Å². The number of nitrogens with two attached hydrogens (primary N) is 1. The summed E-state index contributed by atoms with van der Waals surface area (Å²) in [6.45, 7) is 0.186. The maximum atomic E-state index is 5.90. The minimum absolute atomic E-state index is 0.186. The molecule has 0 atom stereocenters. The number of benzene rings is 2. The molecular weight excluding hydrogens is 299 g/mol. The number of rotatable bonds is 3. The summed E-state index contributed by atoms with van der Waals surface area (Å²) in [6.07, 6.45) is 0. The lowest BCUT2D eigenvalue weighted by atomic mass is 10.3. The van der Waals surface area contributed by atoms with Gasteiger partial charge in [0.2, 0.25) is 5.89 Å². The molecule has 0 aliphatic carbocycles. The van der Waals surface area contributed by atoms with Crippen LogP contribution in [0.25, 0.3) is 11.1 Å². The molecule has 3 rings (SSSR count). The smallest absolute Gasteiger partial charge is 0.233 e. The molecule has 102 valence electrons. The zero-order chi connectivity index (χ0) is 14.1. The molecule has 0 bridgehead atoms. The Kier molecular flexibility index (Phi) is 3.42. The van der Waals surface area contributed by atoms with Crippen LogP contribution >= 0.6 is 23.2 Å². The van der Waals surface area contributed by atoms with Gasteiger partial charge in [0.15, 0.2) is 12.2 Å². The van der Waals surface area contributed by atoms with Gasteiger partial charge in [0.1, 0.15) is 11.3 Å². The van der Waals surface area contributed by atoms with Gasteiger partial charge in [-0.25, -0.2) is 4.98 Å². The van der Waals surface area contributed by atoms with Gasteiger partial charge in [-0.2, -0.15) is 0 Å². The first kappa shape index (κ1) is 13.1. The highest BCUT2D eigenvalue weighted by Gasteiger charge is 2.07. The normalized spacial score (nSPS) is 10.9. The van der Waals surface area contributed by atoms with Crippen LogP contribution in [0.4, 0.5) is 5.69 Å². The first-order chi connectivity index (χ1) is 9.60. The van der Waals surface area contributed by atoms with E-state index in [4.69, 9.17) is 38.1 Å². The molecule has 4 nitrogen and oxygen atoms in total. The van der Waals surface area contributed by atoms with E-state index in [9.17, 15) is 0 Å². The van der Waals surface area contributed by atoms with Gasteiger partial charge in [0, 0.05) is 15.7 Å². The number of halogens is 2. The lowest BCUT2D eigenvalue weighted by Gasteiger charge is -2.04. The second-order valence-corrected chi connectivity index (χ2v) is 5.10. The Balaban J connectivity index is 1.79. The van der Waals surface area contributed by atoms with Gasteiger partial charge in [-0.3, -0.25) is 0 Å². The van der Waals surface area contributed by atoms with Crippen molar-refractivity contribution in [1.29, 1.82) is 0 Å². The first-order valence-corrected chi connectivity index (χ1v) is 6.59. The van der Waals surface area contributed by atoms with E-state index < -0.39 is 0 Å². The highest BCUT2D eigenvalue weighted by molar-refractivity contribution is 6.34. The Morgan fingerprint density at radius 1 is 1.10 bits per heavy atom. The van der Waals surface area contributed by atoms with Crippen LogP contribution in [0.3, 0.4) is 0 Å². The molecule has 0 amide bonds. The van der Waals surface area contributed by atoms with Gasteiger partial charge in [-0.15, -0.1) is 0 Å². The zero-order valence-electron chi connectivity index (χ0n) is 10.3. The number of oxazole rings is 1. The van der Waals surface area contributed by atoms with E-state index in [1.807, 2.05) is 0 Å². The number of hydrogen-bond donors (Lipinski definition) is 1. The zero-order valence-corrected chi connectivity index (χ0v) is 11.8. The minimum Gasteiger partial charge on any atom is -0.484 e. The highest BCUT2D eigenvalue weighted by Crippen LogP contribution is 2.25. The third-order valence-corrected chi connectivity index (χ3v) is 3.09. The molecule has 2 N–H and O–H groups in total. The van der Waals surface area contributed by atoms with Gasteiger partial charge in [0.05, 0.1) is 0 Å². The first-order valence-electron chi connectivity index (χ1n) is 5.84. The van der Waals surface area contributed by atoms with Crippen LogP contribution in [-0.2, 0) is 6.61 Å². The standard InChI is InChI=1S/C14H10Cl2N2O2/c15-8-3-9(16)5-11(4-8)19-7-14-18-12-6-10(17)1-2-13(12)20-14/h1-6H,7,17H2. The molecular formula is C14H10Cl2N2O2. The van der Waals surface area contributed by atoms with Crippen molar-refractivity contribution < 1.29 is 9.15 Å². The second kappa shape index (κ2) is 5.23. The molecule has 0 radical (unpaired) electrons. The number of ether oxygens (including phenoxy) is 1. The number of aromatic nitrogens is 1. The maximum Gasteiger partial charge on any atom is 0.233 e. The van der Waals surface area contributed by atoms with Crippen LogP contribution in [0, 0.1) is 0 Å². The van der Waals surface area contributed by atoms with Gasteiger partial charge >= 0.3 is 0 Å². The van der Waals surface area contributed by atoms with Crippen LogP contribution in [0.1, 0.15) is 5.89 Å². The average molecular weight is 309 g/mol. The minimum atomic E-state index is 0.186. The maximum absolute atomic E-state index is 5.90. The van der Waals surface area contributed by atoms with Crippen molar-refractivity contribution in [3.63, 3.8) is 0 Å². The van der Waals surface area contributed by atoms with E-state index in [2.05, 4.69) is 4.98 Å². The molecule has 0 spiro atoms. The lowest BCUT2D eigenvalue weighted by molar-refractivity contribution is 0.267. The summed E-state index contributed by atoms with van der Waals surface area (Å²) in [7, 11) is 0. The number of anilines is 1. The molecule has 2 aromatic carbocycles. The number of hydrogen-bond acceptors (Lipinski definition) is 4. The fraction of sp³-hybridized carbons (Fsp3) is 0.0714. The Hall–Kier alpha value is -1.91. The van der Waals surface area contributed by atoms with Crippen LogP contribution in [-0.4, -0.2) is 4.98 Å². The predicted molar refractivity (Wildman–Crippen MR) is 79.2 cm³/mol. The van der Waals surface area contributed by atoms with Crippen LogP contribution < -0.4 is 10.5 Å². The van der Waals surface area contributed by atoms with Crippen LogP contribution in [0.2, 0.25) is 10.0 Å². The SMILES string of the molecule is Nc1ccc2oc(COc3cc(Cl)cc(Cl)c3)nc2c1. The topological polar surface area (TPSA) is 61.3 Å². The third kappa shape index (κ3) is 2.81. The van der Waals surface area contributed by atoms with Crippen LogP contribution in [0.15, 0.2) is 40.8 Å².